The maximum atomic E-state index is 10.4. The van der Waals surface area contributed by atoms with Gasteiger partial charge in [-0.2, -0.15) is 0 Å². The minimum absolute atomic E-state index is 0.133. The molecule has 0 fully saturated rings. The largest absolute Gasteiger partial charge is 0.330 e. The van der Waals surface area contributed by atoms with Crippen LogP contribution >= 0.6 is 11.8 Å². The van der Waals surface area contributed by atoms with Crippen molar-refractivity contribution in [2.45, 2.75) is 11.3 Å². The summed E-state index contributed by atoms with van der Waals surface area (Å²) in [5, 5.41) is 10.4. The molecule has 0 aliphatic carbocycles. The van der Waals surface area contributed by atoms with Crippen LogP contribution in [0.15, 0.2) is 29.2 Å². The average molecular weight is 212 g/mol. The molecule has 1 aromatic carbocycles. The SMILES string of the molecule is NCCCSc1ccc([N+](=O)[O-])cc1. The molecule has 0 unspecified atom stereocenters. The highest BCUT2D eigenvalue weighted by Crippen LogP contribution is 2.21. The molecule has 0 aliphatic rings. The highest BCUT2D eigenvalue weighted by Gasteiger charge is 2.03. The fraction of sp³-hybridized carbons (Fsp3) is 0.333. The van der Waals surface area contributed by atoms with E-state index in [0.717, 1.165) is 17.1 Å². The van der Waals surface area contributed by atoms with Crippen molar-refractivity contribution in [2.24, 2.45) is 5.73 Å². The van der Waals surface area contributed by atoms with Gasteiger partial charge >= 0.3 is 0 Å². The van der Waals surface area contributed by atoms with Crippen LogP contribution in [-0.4, -0.2) is 17.2 Å². The third kappa shape index (κ3) is 3.35. The van der Waals surface area contributed by atoms with Crippen LogP contribution in [0, 0.1) is 10.1 Å². The van der Waals surface area contributed by atoms with Gasteiger partial charge in [0, 0.05) is 17.0 Å². The van der Waals surface area contributed by atoms with Crippen LogP contribution in [0.1, 0.15) is 6.42 Å². The third-order valence-corrected chi connectivity index (χ3v) is 2.76. The Hall–Kier alpha value is -1.07. The number of thioether (sulfide) groups is 1. The first-order valence-electron chi connectivity index (χ1n) is 4.31. The van der Waals surface area contributed by atoms with E-state index in [4.69, 9.17) is 5.73 Å². The van der Waals surface area contributed by atoms with Crippen molar-refractivity contribution in [2.75, 3.05) is 12.3 Å². The second kappa shape index (κ2) is 5.62. The summed E-state index contributed by atoms with van der Waals surface area (Å²) < 4.78 is 0. The van der Waals surface area contributed by atoms with Gasteiger partial charge in [0.1, 0.15) is 0 Å². The lowest BCUT2D eigenvalue weighted by atomic mass is 10.3. The number of non-ortho nitro benzene ring substituents is 1. The Bertz CT molecular complexity index is 300. The Kier molecular flexibility index (Phi) is 4.42. The molecule has 1 aromatic rings. The van der Waals surface area contributed by atoms with E-state index in [1.165, 1.54) is 12.1 Å². The Balaban J connectivity index is 2.51. The van der Waals surface area contributed by atoms with Crippen molar-refractivity contribution in [3.05, 3.63) is 34.4 Å². The number of hydrogen-bond donors (Lipinski definition) is 1. The van der Waals surface area contributed by atoms with Gasteiger partial charge in [0.05, 0.1) is 4.92 Å². The van der Waals surface area contributed by atoms with Crippen LogP contribution in [0.25, 0.3) is 0 Å². The number of nitro groups is 1. The summed E-state index contributed by atoms with van der Waals surface area (Å²) in [4.78, 5) is 11.0. The third-order valence-electron chi connectivity index (χ3n) is 1.66. The normalized spacial score (nSPS) is 10.1. The molecule has 0 bridgehead atoms. The number of nitrogens with zero attached hydrogens (tertiary/aromatic N) is 1. The molecule has 0 aliphatic heterocycles. The van der Waals surface area contributed by atoms with Crippen molar-refractivity contribution in [1.29, 1.82) is 0 Å². The van der Waals surface area contributed by atoms with E-state index in [1.54, 1.807) is 23.9 Å². The molecule has 0 amide bonds. The first kappa shape index (κ1) is 11.0. The van der Waals surface area contributed by atoms with Crippen LogP contribution in [0.5, 0.6) is 0 Å². The van der Waals surface area contributed by atoms with Gasteiger partial charge < -0.3 is 5.73 Å². The molecule has 0 spiro atoms. The molecule has 76 valence electrons. The summed E-state index contributed by atoms with van der Waals surface area (Å²) in [7, 11) is 0. The molecular formula is C9H12N2O2S. The molecule has 0 radical (unpaired) electrons. The van der Waals surface area contributed by atoms with E-state index in [0.29, 0.717) is 6.54 Å². The van der Waals surface area contributed by atoms with Crippen LogP contribution in [-0.2, 0) is 0 Å². The quantitative estimate of drug-likeness (QED) is 0.351. The topological polar surface area (TPSA) is 69.2 Å². The van der Waals surface area contributed by atoms with Gasteiger partial charge in [0.25, 0.3) is 5.69 Å². The van der Waals surface area contributed by atoms with E-state index in [2.05, 4.69) is 0 Å². The van der Waals surface area contributed by atoms with Gasteiger partial charge in [0.2, 0.25) is 0 Å². The Morgan fingerprint density at radius 2 is 2.00 bits per heavy atom. The molecule has 4 nitrogen and oxygen atoms in total. The number of hydrogen-bond acceptors (Lipinski definition) is 4. The molecule has 5 heteroatoms. The fourth-order valence-electron chi connectivity index (χ4n) is 0.937. The lowest BCUT2D eigenvalue weighted by Crippen LogP contribution is -1.99. The summed E-state index contributed by atoms with van der Waals surface area (Å²) in [6.07, 6.45) is 0.960. The van der Waals surface area contributed by atoms with Gasteiger partial charge in [-0.25, -0.2) is 0 Å². The zero-order valence-electron chi connectivity index (χ0n) is 7.68. The van der Waals surface area contributed by atoms with Gasteiger partial charge in [-0.1, -0.05) is 0 Å². The van der Waals surface area contributed by atoms with Crippen molar-refractivity contribution >= 4 is 17.4 Å². The first-order chi connectivity index (χ1) is 6.74. The standard InChI is InChI=1S/C9H12N2O2S/c10-6-1-7-14-9-4-2-8(3-5-9)11(12)13/h2-5H,1,6-7,10H2. The number of nitro benzene ring substituents is 1. The van der Waals surface area contributed by atoms with Crippen molar-refractivity contribution in [3.8, 4) is 0 Å². The van der Waals surface area contributed by atoms with E-state index in [9.17, 15) is 10.1 Å². The van der Waals surface area contributed by atoms with E-state index in [1.807, 2.05) is 0 Å². The van der Waals surface area contributed by atoms with Crippen molar-refractivity contribution in [1.82, 2.24) is 0 Å². The predicted molar refractivity (Wildman–Crippen MR) is 57.5 cm³/mol. The van der Waals surface area contributed by atoms with Crippen LogP contribution in [0.4, 0.5) is 5.69 Å². The van der Waals surface area contributed by atoms with E-state index in [-0.39, 0.29) is 5.69 Å². The summed E-state index contributed by atoms with van der Waals surface area (Å²) in [6, 6.07) is 6.56. The lowest BCUT2D eigenvalue weighted by molar-refractivity contribution is -0.384. The van der Waals surface area contributed by atoms with Crippen molar-refractivity contribution in [3.63, 3.8) is 0 Å². The number of nitrogens with two attached hydrogens (primary N) is 1. The maximum absolute atomic E-state index is 10.4. The van der Waals surface area contributed by atoms with Gasteiger partial charge in [-0.05, 0) is 30.9 Å². The predicted octanol–water partition coefficient (Wildman–Crippen LogP) is 2.04. The second-order valence-corrected chi connectivity index (χ2v) is 3.91. The van der Waals surface area contributed by atoms with Gasteiger partial charge in [0.15, 0.2) is 0 Å². The van der Waals surface area contributed by atoms with E-state index < -0.39 is 4.92 Å². The highest BCUT2D eigenvalue weighted by molar-refractivity contribution is 7.99. The summed E-state index contributed by atoms with van der Waals surface area (Å²) in [5.74, 6) is 0.953. The molecule has 2 N–H and O–H groups in total. The maximum Gasteiger partial charge on any atom is 0.269 e. The molecule has 1 rings (SSSR count). The minimum atomic E-state index is -0.395. The molecule has 0 atom stereocenters. The molecule has 0 aromatic heterocycles. The van der Waals surface area contributed by atoms with Gasteiger partial charge in [-0.15, -0.1) is 11.8 Å². The zero-order valence-corrected chi connectivity index (χ0v) is 8.50. The van der Waals surface area contributed by atoms with Crippen LogP contribution < -0.4 is 5.73 Å². The molecule has 14 heavy (non-hydrogen) atoms. The zero-order chi connectivity index (χ0) is 10.4. The fourth-order valence-corrected chi connectivity index (χ4v) is 1.81. The summed E-state index contributed by atoms with van der Waals surface area (Å²) in [6.45, 7) is 0.681. The van der Waals surface area contributed by atoms with Crippen molar-refractivity contribution < 1.29 is 4.92 Å². The lowest BCUT2D eigenvalue weighted by Gasteiger charge is -1.99. The highest BCUT2D eigenvalue weighted by atomic mass is 32.2. The monoisotopic (exact) mass is 212 g/mol. The smallest absolute Gasteiger partial charge is 0.269 e. The van der Waals surface area contributed by atoms with E-state index >= 15 is 0 Å². The first-order valence-corrected chi connectivity index (χ1v) is 5.30. The molecule has 0 saturated carbocycles. The van der Waals surface area contributed by atoms with Crippen LogP contribution in [0.2, 0.25) is 0 Å². The van der Waals surface area contributed by atoms with Gasteiger partial charge in [-0.3, -0.25) is 10.1 Å². The molecular weight excluding hydrogens is 200 g/mol. The summed E-state index contributed by atoms with van der Waals surface area (Å²) in [5.41, 5.74) is 5.49. The number of rotatable bonds is 5. The van der Waals surface area contributed by atoms with Crippen LogP contribution in [0.3, 0.4) is 0 Å². The Labute approximate surface area is 86.6 Å². The molecule has 0 saturated heterocycles. The average Bonchev–Trinajstić information content (AvgIpc) is 2.19. The number of benzene rings is 1. The minimum Gasteiger partial charge on any atom is -0.330 e. The Morgan fingerprint density at radius 3 is 2.50 bits per heavy atom. The molecule has 0 heterocycles. The Morgan fingerprint density at radius 1 is 1.36 bits per heavy atom. The summed E-state index contributed by atoms with van der Waals surface area (Å²) >= 11 is 1.66. The second-order valence-electron chi connectivity index (χ2n) is 2.74.